The van der Waals surface area contributed by atoms with Crippen molar-refractivity contribution in [2.24, 2.45) is 5.84 Å². The molecule has 0 aliphatic heterocycles. The van der Waals surface area contributed by atoms with Crippen LogP contribution in [0.4, 0.5) is 0 Å². The van der Waals surface area contributed by atoms with E-state index in [1.165, 1.54) is 6.33 Å². The molecule has 0 bridgehead atoms. The minimum atomic E-state index is -0.229. The van der Waals surface area contributed by atoms with Crippen LogP contribution in [0.5, 0.6) is 5.88 Å². The maximum atomic E-state index is 5.77. The van der Waals surface area contributed by atoms with Gasteiger partial charge in [0, 0.05) is 6.07 Å². The van der Waals surface area contributed by atoms with Gasteiger partial charge in [0.05, 0.1) is 18.8 Å². The number of benzene rings is 2. The molecule has 0 amide bonds. The second-order valence-corrected chi connectivity index (χ2v) is 4.65. The van der Waals surface area contributed by atoms with Gasteiger partial charge in [-0.3, -0.25) is 5.84 Å². The molecule has 1 unspecified atom stereocenters. The van der Waals surface area contributed by atoms with Gasteiger partial charge in [-0.2, -0.15) is 0 Å². The molecule has 1 atom stereocenters. The Bertz CT molecular complexity index is 755. The van der Waals surface area contributed by atoms with E-state index >= 15 is 0 Å². The number of fused-ring (bicyclic) bond motifs is 1. The smallest absolute Gasteiger partial charge is 0.216 e. The summed E-state index contributed by atoms with van der Waals surface area (Å²) in [4.78, 5) is 8.34. The fourth-order valence-corrected chi connectivity index (χ4v) is 2.46. The number of nitrogens with zero attached hydrogens (tertiary/aromatic N) is 2. The Kier molecular flexibility index (Phi) is 3.77. The first-order valence-corrected chi connectivity index (χ1v) is 6.63. The predicted molar refractivity (Wildman–Crippen MR) is 81.7 cm³/mol. The summed E-state index contributed by atoms with van der Waals surface area (Å²) in [5, 5.41) is 2.30. The summed E-state index contributed by atoms with van der Waals surface area (Å²) in [6, 6.07) is 15.9. The molecule has 3 rings (SSSR count). The summed E-state index contributed by atoms with van der Waals surface area (Å²) >= 11 is 0. The Morgan fingerprint density at radius 1 is 1.10 bits per heavy atom. The molecule has 0 saturated carbocycles. The van der Waals surface area contributed by atoms with Gasteiger partial charge in [-0.05, 0) is 16.3 Å². The number of rotatable bonds is 4. The summed E-state index contributed by atoms with van der Waals surface area (Å²) in [7, 11) is 1.58. The molecule has 1 aromatic heterocycles. The maximum absolute atomic E-state index is 5.77. The monoisotopic (exact) mass is 280 g/mol. The minimum absolute atomic E-state index is 0.229. The van der Waals surface area contributed by atoms with E-state index in [9.17, 15) is 0 Å². The zero-order chi connectivity index (χ0) is 14.7. The van der Waals surface area contributed by atoms with Crippen LogP contribution in [0, 0.1) is 0 Å². The Labute approximate surface area is 122 Å². The number of aromatic nitrogens is 2. The number of hydrazine groups is 1. The quantitative estimate of drug-likeness (QED) is 0.566. The van der Waals surface area contributed by atoms with Gasteiger partial charge in [0.1, 0.15) is 6.33 Å². The van der Waals surface area contributed by atoms with Crippen LogP contribution in [0.15, 0.2) is 54.9 Å². The van der Waals surface area contributed by atoms with E-state index in [1.807, 2.05) is 24.3 Å². The van der Waals surface area contributed by atoms with Gasteiger partial charge in [-0.15, -0.1) is 0 Å². The van der Waals surface area contributed by atoms with Gasteiger partial charge < -0.3 is 4.74 Å². The molecule has 5 heteroatoms. The topological polar surface area (TPSA) is 73.1 Å². The van der Waals surface area contributed by atoms with Crippen molar-refractivity contribution in [1.29, 1.82) is 0 Å². The lowest BCUT2D eigenvalue weighted by Crippen LogP contribution is -2.29. The van der Waals surface area contributed by atoms with Crippen molar-refractivity contribution in [2.75, 3.05) is 7.11 Å². The van der Waals surface area contributed by atoms with E-state index in [0.29, 0.717) is 5.88 Å². The molecule has 3 N–H and O–H groups in total. The normalized spacial score (nSPS) is 12.3. The van der Waals surface area contributed by atoms with Gasteiger partial charge in [-0.1, -0.05) is 42.5 Å². The largest absolute Gasteiger partial charge is 0.481 e. The molecule has 0 fully saturated rings. The van der Waals surface area contributed by atoms with Crippen molar-refractivity contribution >= 4 is 10.8 Å². The van der Waals surface area contributed by atoms with Crippen molar-refractivity contribution < 1.29 is 4.74 Å². The molecule has 0 saturated heterocycles. The van der Waals surface area contributed by atoms with Gasteiger partial charge in [0.2, 0.25) is 5.88 Å². The van der Waals surface area contributed by atoms with E-state index in [0.717, 1.165) is 22.0 Å². The van der Waals surface area contributed by atoms with Crippen LogP contribution in [-0.2, 0) is 0 Å². The third-order valence-electron chi connectivity index (χ3n) is 3.47. The molecule has 2 aromatic carbocycles. The number of methoxy groups -OCH3 is 1. The number of hydrogen-bond donors (Lipinski definition) is 2. The predicted octanol–water partition coefficient (Wildman–Crippen LogP) is 2.19. The van der Waals surface area contributed by atoms with Gasteiger partial charge in [0.25, 0.3) is 0 Å². The first-order valence-electron chi connectivity index (χ1n) is 6.63. The average molecular weight is 280 g/mol. The Morgan fingerprint density at radius 2 is 1.90 bits per heavy atom. The minimum Gasteiger partial charge on any atom is -0.481 e. The van der Waals surface area contributed by atoms with E-state index in [4.69, 9.17) is 10.6 Å². The zero-order valence-corrected chi connectivity index (χ0v) is 11.7. The van der Waals surface area contributed by atoms with Crippen molar-refractivity contribution in [2.45, 2.75) is 6.04 Å². The molecule has 21 heavy (non-hydrogen) atoms. The Morgan fingerprint density at radius 3 is 2.71 bits per heavy atom. The maximum Gasteiger partial charge on any atom is 0.216 e. The van der Waals surface area contributed by atoms with Crippen LogP contribution in [0.1, 0.15) is 17.3 Å². The van der Waals surface area contributed by atoms with Gasteiger partial charge >= 0.3 is 0 Å². The lowest BCUT2D eigenvalue weighted by molar-refractivity contribution is 0.395. The van der Waals surface area contributed by atoms with Crippen LogP contribution < -0.4 is 16.0 Å². The third kappa shape index (κ3) is 2.56. The first-order chi connectivity index (χ1) is 10.3. The molecule has 3 aromatic rings. The van der Waals surface area contributed by atoms with Crippen LogP contribution in [0.3, 0.4) is 0 Å². The van der Waals surface area contributed by atoms with Crippen molar-refractivity contribution in [1.82, 2.24) is 15.4 Å². The van der Waals surface area contributed by atoms with Crippen molar-refractivity contribution in [3.8, 4) is 5.88 Å². The number of nitrogens with one attached hydrogen (secondary N) is 1. The Hall–Kier alpha value is -2.50. The van der Waals surface area contributed by atoms with E-state index in [1.54, 1.807) is 13.2 Å². The third-order valence-corrected chi connectivity index (χ3v) is 3.47. The molecule has 106 valence electrons. The molecular formula is C16H16N4O. The number of nitrogens with two attached hydrogens (primary N) is 1. The van der Waals surface area contributed by atoms with E-state index < -0.39 is 0 Å². The Balaban J connectivity index is 2.13. The summed E-state index contributed by atoms with van der Waals surface area (Å²) in [6.45, 7) is 0. The highest BCUT2D eigenvalue weighted by molar-refractivity contribution is 5.86. The molecule has 0 aliphatic carbocycles. The second-order valence-electron chi connectivity index (χ2n) is 4.65. The van der Waals surface area contributed by atoms with E-state index in [2.05, 4.69) is 33.6 Å². The fourth-order valence-electron chi connectivity index (χ4n) is 2.46. The lowest BCUT2D eigenvalue weighted by Gasteiger charge is -2.18. The summed E-state index contributed by atoms with van der Waals surface area (Å²) in [5.41, 5.74) is 4.66. The van der Waals surface area contributed by atoms with E-state index in [-0.39, 0.29) is 6.04 Å². The zero-order valence-electron chi connectivity index (χ0n) is 11.7. The standard InChI is InChI=1S/C16H16N4O/c1-21-15-9-14(18-10-19-15)16(20-17)13-8-4-6-11-5-2-3-7-12(11)13/h2-10,16,20H,17H2,1H3. The second kappa shape index (κ2) is 5.87. The van der Waals surface area contributed by atoms with Gasteiger partial charge in [0.15, 0.2) is 0 Å². The highest BCUT2D eigenvalue weighted by atomic mass is 16.5. The number of ether oxygens (including phenoxy) is 1. The highest BCUT2D eigenvalue weighted by Gasteiger charge is 2.17. The number of hydrogen-bond acceptors (Lipinski definition) is 5. The highest BCUT2D eigenvalue weighted by Crippen LogP contribution is 2.28. The van der Waals surface area contributed by atoms with Crippen LogP contribution in [0.2, 0.25) is 0 Å². The molecule has 5 nitrogen and oxygen atoms in total. The molecule has 0 radical (unpaired) electrons. The van der Waals surface area contributed by atoms with Crippen LogP contribution in [-0.4, -0.2) is 17.1 Å². The van der Waals surface area contributed by atoms with Crippen molar-refractivity contribution in [3.05, 3.63) is 66.1 Å². The van der Waals surface area contributed by atoms with Crippen molar-refractivity contribution in [3.63, 3.8) is 0 Å². The average Bonchev–Trinajstić information content (AvgIpc) is 2.56. The van der Waals surface area contributed by atoms with Crippen LogP contribution >= 0.6 is 0 Å². The lowest BCUT2D eigenvalue weighted by atomic mass is 9.97. The van der Waals surface area contributed by atoms with Crippen LogP contribution in [0.25, 0.3) is 10.8 Å². The SMILES string of the molecule is COc1cc(C(NN)c2cccc3ccccc23)ncn1. The molecule has 1 heterocycles. The summed E-state index contributed by atoms with van der Waals surface area (Å²) in [6.07, 6.45) is 1.48. The summed E-state index contributed by atoms with van der Waals surface area (Å²) < 4.78 is 5.15. The van der Waals surface area contributed by atoms with Gasteiger partial charge in [-0.25, -0.2) is 15.4 Å². The molecule has 0 spiro atoms. The molecular weight excluding hydrogens is 264 g/mol. The molecule has 0 aliphatic rings. The summed E-state index contributed by atoms with van der Waals surface area (Å²) in [5.74, 6) is 6.28. The fraction of sp³-hybridized carbons (Fsp3) is 0.125. The first kappa shape index (κ1) is 13.5.